The number of carbonyl (C=O) groups is 2. The Balaban J connectivity index is 1.75. The number of amidine groups is 1. The van der Waals surface area contributed by atoms with Crippen molar-refractivity contribution in [2.45, 2.75) is 75.7 Å². The van der Waals surface area contributed by atoms with E-state index in [-0.39, 0.29) is 11.9 Å². The Morgan fingerprint density at radius 3 is 2.20 bits per heavy atom. The normalized spacial score (nSPS) is 26.2. The van der Waals surface area contributed by atoms with Crippen molar-refractivity contribution < 1.29 is 22.8 Å². The standard InChI is InChI=1S/C22H26F3N3O2/c23-22(24,25)21(27-19(29)16-11-5-2-6-12-16)20(30)28(17-13-7-8-14-17)18(26-21)15-9-3-1-4-10-15/h1,3-4,9-10,16-17H,2,5-8,11-14H2,(H,27,29). The summed E-state index contributed by atoms with van der Waals surface area (Å²) in [6.45, 7) is 0. The van der Waals surface area contributed by atoms with Crippen molar-refractivity contribution in [3.8, 4) is 0 Å². The van der Waals surface area contributed by atoms with Gasteiger partial charge in [0.1, 0.15) is 5.84 Å². The number of nitrogens with zero attached hydrogens (tertiary/aromatic N) is 2. The number of nitrogens with one attached hydrogen (secondary N) is 1. The lowest BCUT2D eigenvalue weighted by molar-refractivity contribution is -0.201. The second kappa shape index (κ2) is 8.04. The zero-order valence-corrected chi connectivity index (χ0v) is 16.8. The van der Waals surface area contributed by atoms with Crippen LogP contribution in [0.2, 0.25) is 0 Å². The Bertz CT molecular complexity index is 828. The molecule has 0 spiro atoms. The van der Waals surface area contributed by atoms with Crippen molar-refractivity contribution in [2.75, 3.05) is 0 Å². The number of halogens is 3. The Hall–Kier alpha value is -2.38. The van der Waals surface area contributed by atoms with Gasteiger partial charge in [0.15, 0.2) is 0 Å². The Kier molecular flexibility index (Phi) is 5.59. The molecule has 30 heavy (non-hydrogen) atoms. The molecule has 8 heteroatoms. The summed E-state index contributed by atoms with van der Waals surface area (Å²) in [5.41, 5.74) is -2.81. The van der Waals surface area contributed by atoms with E-state index in [0.717, 1.165) is 32.1 Å². The Labute approximate surface area is 173 Å². The number of carbonyl (C=O) groups excluding carboxylic acids is 2. The molecular formula is C22H26F3N3O2. The van der Waals surface area contributed by atoms with E-state index in [1.807, 2.05) is 0 Å². The lowest BCUT2D eigenvalue weighted by Gasteiger charge is -2.33. The summed E-state index contributed by atoms with van der Waals surface area (Å²) < 4.78 is 43.1. The van der Waals surface area contributed by atoms with E-state index in [0.29, 0.717) is 31.2 Å². The average Bonchev–Trinajstić information content (AvgIpc) is 3.36. The summed E-state index contributed by atoms with van der Waals surface area (Å²) in [6.07, 6.45) is 1.57. The van der Waals surface area contributed by atoms with Gasteiger partial charge in [0.05, 0.1) is 0 Å². The van der Waals surface area contributed by atoms with E-state index in [4.69, 9.17) is 0 Å². The van der Waals surface area contributed by atoms with E-state index in [1.54, 1.807) is 30.3 Å². The maximum atomic E-state index is 14.4. The smallest absolute Gasteiger partial charge is 0.316 e. The fourth-order valence-electron chi connectivity index (χ4n) is 4.81. The first-order valence-corrected chi connectivity index (χ1v) is 10.7. The number of benzene rings is 1. The fourth-order valence-corrected chi connectivity index (χ4v) is 4.81. The maximum absolute atomic E-state index is 14.4. The summed E-state index contributed by atoms with van der Waals surface area (Å²) in [6, 6.07) is 8.09. The molecule has 0 saturated heterocycles. The van der Waals surface area contributed by atoms with Gasteiger partial charge >= 0.3 is 11.8 Å². The molecule has 162 valence electrons. The molecule has 2 aliphatic carbocycles. The Morgan fingerprint density at radius 2 is 1.60 bits per heavy atom. The highest BCUT2D eigenvalue weighted by molar-refractivity contribution is 6.16. The molecule has 3 aliphatic rings. The summed E-state index contributed by atoms with van der Waals surface area (Å²) in [4.78, 5) is 31.2. The van der Waals surface area contributed by atoms with Crippen LogP contribution >= 0.6 is 0 Å². The van der Waals surface area contributed by atoms with Crippen LogP contribution < -0.4 is 5.32 Å². The number of amides is 2. The van der Waals surface area contributed by atoms with E-state index < -0.39 is 29.6 Å². The van der Waals surface area contributed by atoms with Crippen LogP contribution in [0.1, 0.15) is 63.4 Å². The van der Waals surface area contributed by atoms with Crippen LogP contribution in [0.25, 0.3) is 0 Å². The number of alkyl halides is 3. The molecule has 1 atom stereocenters. The third kappa shape index (κ3) is 3.61. The van der Waals surface area contributed by atoms with Gasteiger partial charge in [0.25, 0.3) is 5.91 Å². The maximum Gasteiger partial charge on any atom is 0.442 e. The molecule has 2 saturated carbocycles. The van der Waals surface area contributed by atoms with Crippen LogP contribution in [-0.2, 0) is 9.59 Å². The predicted molar refractivity (Wildman–Crippen MR) is 106 cm³/mol. The number of rotatable bonds is 4. The van der Waals surface area contributed by atoms with E-state index in [9.17, 15) is 22.8 Å². The molecule has 4 rings (SSSR count). The van der Waals surface area contributed by atoms with Gasteiger partial charge < -0.3 is 5.32 Å². The van der Waals surface area contributed by atoms with Gasteiger partial charge in [-0.25, -0.2) is 4.99 Å². The van der Waals surface area contributed by atoms with Crippen LogP contribution in [-0.4, -0.2) is 40.4 Å². The fraction of sp³-hybridized carbons (Fsp3) is 0.591. The van der Waals surface area contributed by atoms with Gasteiger partial charge in [-0.2, -0.15) is 13.2 Å². The lowest BCUT2D eigenvalue weighted by Crippen LogP contribution is -2.65. The Morgan fingerprint density at radius 1 is 1.00 bits per heavy atom. The molecule has 1 aromatic carbocycles. The summed E-state index contributed by atoms with van der Waals surface area (Å²) >= 11 is 0. The highest BCUT2D eigenvalue weighted by Crippen LogP contribution is 2.41. The molecule has 0 radical (unpaired) electrons. The van der Waals surface area contributed by atoms with E-state index in [2.05, 4.69) is 10.3 Å². The van der Waals surface area contributed by atoms with Crippen molar-refractivity contribution in [1.82, 2.24) is 10.2 Å². The van der Waals surface area contributed by atoms with Crippen molar-refractivity contribution in [3.05, 3.63) is 35.9 Å². The van der Waals surface area contributed by atoms with Crippen LogP contribution in [0.3, 0.4) is 0 Å². The lowest BCUT2D eigenvalue weighted by atomic mass is 9.88. The third-order valence-electron chi connectivity index (χ3n) is 6.44. The zero-order chi connectivity index (χ0) is 21.4. The first kappa shape index (κ1) is 20.9. The monoisotopic (exact) mass is 421 g/mol. The molecule has 0 aromatic heterocycles. The van der Waals surface area contributed by atoms with Crippen molar-refractivity contribution in [1.29, 1.82) is 0 Å². The van der Waals surface area contributed by atoms with Gasteiger partial charge in [-0.15, -0.1) is 0 Å². The minimum atomic E-state index is -5.04. The van der Waals surface area contributed by atoms with Gasteiger partial charge in [-0.05, 0) is 25.7 Å². The largest absolute Gasteiger partial charge is 0.442 e. The van der Waals surface area contributed by atoms with Gasteiger partial charge in [0, 0.05) is 17.5 Å². The van der Waals surface area contributed by atoms with Gasteiger partial charge in [0.2, 0.25) is 5.91 Å². The van der Waals surface area contributed by atoms with Crippen LogP contribution in [0.5, 0.6) is 0 Å². The van der Waals surface area contributed by atoms with Gasteiger partial charge in [-0.1, -0.05) is 62.4 Å². The quantitative estimate of drug-likeness (QED) is 0.793. The average molecular weight is 421 g/mol. The summed E-state index contributed by atoms with van der Waals surface area (Å²) in [5.74, 6) is -2.44. The highest BCUT2D eigenvalue weighted by atomic mass is 19.4. The summed E-state index contributed by atoms with van der Waals surface area (Å²) in [7, 11) is 0. The SMILES string of the molecule is O=C(NC1(C(F)(F)F)N=C(c2ccccc2)N(C2CCCC2)C1=O)C1CCCCC1. The molecule has 1 aliphatic heterocycles. The second-order valence-corrected chi connectivity index (χ2v) is 8.45. The molecule has 1 heterocycles. The predicted octanol–water partition coefficient (Wildman–Crippen LogP) is 4.17. The van der Waals surface area contributed by atoms with E-state index in [1.165, 1.54) is 4.90 Å². The minimum Gasteiger partial charge on any atom is -0.316 e. The second-order valence-electron chi connectivity index (χ2n) is 8.45. The highest BCUT2D eigenvalue weighted by Gasteiger charge is 2.68. The summed E-state index contributed by atoms with van der Waals surface area (Å²) in [5, 5.41) is 2.06. The molecule has 1 N–H and O–H groups in total. The third-order valence-corrected chi connectivity index (χ3v) is 6.44. The molecule has 0 bridgehead atoms. The molecule has 2 fully saturated rings. The van der Waals surface area contributed by atoms with Gasteiger partial charge in [-0.3, -0.25) is 14.5 Å². The minimum absolute atomic E-state index is 0.00577. The first-order chi connectivity index (χ1) is 14.3. The van der Waals surface area contributed by atoms with Crippen molar-refractivity contribution in [2.24, 2.45) is 10.9 Å². The topological polar surface area (TPSA) is 61.8 Å². The van der Waals surface area contributed by atoms with Crippen LogP contribution in [0, 0.1) is 5.92 Å². The molecule has 5 nitrogen and oxygen atoms in total. The zero-order valence-electron chi connectivity index (χ0n) is 16.8. The first-order valence-electron chi connectivity index (χ1n) is 10.7. The van der Waals surface area contributed by atoms with E-state index >= 15 is 0 Å². The van der Waals surface area contributed by atoms with Crippen molar-refractivity contribution in [3.63, 3.8) is 0 Å². The number of aliphatic imine (C=N–C) groups is 1. The molecule has 2 amide bonds. The molecule has 1 aromatic rings. The van der Waals surface area contributed by atoms with Crippen molar-refractivity contribution >= 4 is 17.6 Å². The van der Waals surface area contributed by atoms with Crippen LogP contribution in [0.4, 0.5) is 13.2 Å². The molecular weight excluding hydrogens is 395 g/mol. The number of hydrogen-bond acceptors (Lipinski definition) is 3. The molecule has 1 unspecified atom stereocenters. The van der Waals surface area contributed by atoms with Crippen LogP contribution in [0.15, 0.2) is 35.3 Å². The number of hydrogen-bond donors (Lipinski definition) is 1.